The number of carbonyl (C=O) groups is 1. The third-order valence-corrected chi connectivity index (χ3v) is 2.45. The van der Waals surface area contributed by atoms with E-state index in [0.29, 0.717) is 6.61 Å². The van der Waals surface area contributed by atoms with Crippen LogP contribution >= 0.6 is 11.8 Å². The molecular formula is C12H26N2O2S. The zero-order valence-electron chi connectivity index (χ0n) is 11.6. The molecule has 0 aliphatic carbocycles. The number of nitrogens with two attached hydrogens (primary N) is 1. The van der Waals surface area contributed by atoms with Crippen LogP contribution < -0.4 is 5.73 Å². The minimum absolute atomic E-state index is 0.140. The monoisotopic (exact) mass is 262 g/mol. The van der Waals surface area contributed by atoms with Crippen molar-refractivity contribution >= 4 is 22.9 Å². The first kappa shape index (κ1) is 18.6. The van der Waals surface area contributed by atoms with E-state index >= 15 is 0 Å². The van der Waals surface area contributed by atoms with Gasteiger partial charge in [0.1, 0.15) is 0 Å². The van der Waals surface area contributed by atoms with E-state index in [1.54, 1.807) is 0 Å². The van der Waals surface area contributed by atoms with Gasteiger partial charge >= 0.3 is 5.97 Å². The second-order valence-corrected chi connectivity index (χ2v) is 5.44. The Hall–Kier alpha value is -0.710. The highest BCUT2D eigenvalue weighted by molar-refractivity contribution is 8.13. The summed E-state index contributed by atoms with van der Waals surface area (Å²) in [6.07, 6.45) is 1.73. The minimum atomic E-state index is -0.422. The third-order valence-electron chi connectivity index (χ3n) is 1.64. The Morgan fingerprint density at radius 2 is 1.82 bits per heavy atom. The zero-order valence-corrected chi connectivity index (χ0v) is 12.4. The Morgan fingerprint density at radius 1 is 1.29 bits per heavy atom. The number of unbranched alkanes of at least 4 members (excludes halogenated alkanes) is 1. The Kier molecular flexibility index (Phi) is 11.5. The first-order chi connectivity index (χ1) is 7.84. The molecule has 0 aromatic carbocycles. The lowest BCUT2D eigenvalue weighted by Gasteiger charge is -2.16. The van der Waals surface area contributed by atoms with Gasteiger partial charge in [0.15, 0.2) is 5.17 Å². The van der Waals surface area contributed by atoms with E-state index in [2.05, 4.69) is 0 Å². The van der Waals surface area contributed by atoms with Crippen LogP contribution in [0.2, 0.25) is 0 Å². The van der Waals surface area contributed by atoms with E-state index in [9.17, 15) is 4.79 Å². The maximum Gasteiger partial charge on any atom is 0.311 e. The van der Waals surface area contributed by atoms with Gasteiger partial charge in [0.2, 0.25) is 0 Å². The molecule has 0 spiro atoms. The Balaban J connectivity index is 0. The number of thioether (sulfide) groups is 1. The molecule has 0 aromatic rings. The van der Waals surface area contributed by atoms with Crippen molar-refractivity contribution in [3.63, 3.8) is 0 Å². The molecule has 0 amide bonds. The molecule has 0 aliphatic heterocycles. The van der Waals surface area contributed by atoms with Crippen molar-refractivity contribution < 1.29 is 9.53 Å². The van der Waals surface area contributed by atoms with Gasteiger partial charge in [0, 0.05) is 5.75 Å². The zero-order chi connectivity index (χ0) is 13.9. The van der Waals surface area contributed by atoms with Gasteiger partial charge in [-0.05, 0) is 33.6 Å². The first-order valence-electron chi connectivity index (χ1n) is 5.98. The van der Waals surface area contributed by atoms with Crippen molar-refractivity contribution in [3.8, 4) is 0 Å². The molecule has 0 atom stereocenters. The highest BCUT2D eigenvalue weighted by Gasteiger charge is 2.22. The molecule has 4 nitrogen and oxygen atoms in total. The molecule has 0 saturated carbocycles. The minimum Gasteiger partial charge on any atom is -0.465 e. The standard InChI is InChI=1S/C10H20N2O2S.C2H6/c1-10(2,3)8(13)14-6-4-5-7-15-9(11)12;1-2/h4-7H2,1-3H3,(H3,11,12);1-2H3. The number of hydrogen-bond donors (Lipinski definition) is 2. The molecule has 0 radical (unpaired) electrons. The summed E-state index contributed by atoms with van der Waals surface area (Å²) in [5, 5.41) is 7.12. The quantitative estimate of drug-likeness (QED) is 0.345. The molecule has 5 heteroatoms. The van der Waals surface area contributed by atoms with Crippen molar-refractivity contribution in [3.05, 3.63) is 0 Å². The maximum absolute atomic E-state index is 11.3. The van der Waals surface area contributed by atoms with E-state index in [0.717, 1.165) is 18.6 Å². The van der Waals surface area contributed by atoms with Crippen LogP contribution in [0.1, 0.15) is 47.5 Å². The van der Waals surface area contributed by atoms with Gasteiger partial charge in [-0.2, -0.15) is 0 Å². The van der Waals surface area contributed by atoms with Gasteiger partial charge in [-0.1, -0.05) is 25.6 Å². The Bertz CT molecular complexity index is 225. The van der Waals surface area contributed by atoms with Gasteiger partial charge < -0.3 is 10.5 Å². The fraction of sp³-hybridized carbons (Fsp3) is 0.833. The molecule has 17 heavy (non-hydrogen) atoms. The average molecular weight is 262 g/mol. The number of rotatable bonds is 5. The molecule has 0 bridgehead atoms. The highest BCUT2D eigenvalue weighted by Crippen LogP contribution is 2.15. The van der Waals surface area contributed by atoms with Crippen LogP contribution in [0.15, 0.2) is 0 Å². The van der Waals surface area contributed by atoms with Crippen LogP contribution in [0.3, 0.4) is 0 Å². The number of hydrogen-bond acceptors (Lipinski definition) is 4. The maximum atomic E-state index is 11.3. The number of esters is 1. The summed E-state index contributed by atoms with van der Waals surface area (Å²) in [4.78, 5) is 11.3. The lowest BCUT2D eigenvalue weighted by Crippen LogP contribution is -2.23. The normalized spacial score (nSPS) is 10.2. The van der Waals surface area contributed by atoms with Gasteiger partial charge in [-0.15, -0.1) is 0 Å². The molecule has 0 aliphatic rings. The highest BCUT2D eigenvalue weighted by atomic mass is 32.2. The summed E-state index contributed by atoms with van der Waals surface area (Å²) in [5.74, 6) is 0.643. The fourth-order valence-corrected chi connectivity index (χ4v) is 1.34. The van der Waals surface area contributed by atoms with Gasteiger partial charge in [0.05, 0.1) is 12.0 Å². The van der Waals surface area contributed by atoms with Crippen LogP contribution in [0.4, 0.5) is 0 Å². The van der Waals surface area contributed by atoms with Crippen LogP contribution in [-0.4, -0.2) is 23.5 Å². The van der Waals surface area contributed by atoms with E-state index in [-0.39, 0.29) is 11.1 Å². The molecule has 3 N–H and O–H groups in total. The number of ether oxygens (including phenoxy) is 1. The van der Waals surface area contributed by atoms with Crippen molar-refractivity contribution in [1.82, 2.24) is 0 Å². The van der Waals surface area contributed by atoms with E-state index in [1.807, 2.05) is 34.6 Å². The number of nitrogens with one attached hydrogen (secondary N) is 1. The Morgan fingerprint density at radius 3 is 2.24 bits per heavy atom. The smallest absolute Gasteiger partial charge is 0.311 e. The molecule has 0 rings (SSSR count). The summed E-state index contributed by atoms with van der Waals surface area (Å²) in [6, 6.07) is 0. The number of amidine groups is 1. The van der Waals surface area contributed by atoms with Gasteiger partial charge in [-0.3, -0.25) is 10.2 Å². The molecule has 0 heterocycles. The predicted octanol–water partition coefficient (Wildman–Crippen LogP) is 3.01. The first-order valence-corrected chi connectivity index (χ1v) is 6.96. The van der Waals surface area contributed by atoms with Crippen molar-refractivity contribution in [2.45, 2.75) is 47.5 Å². The largest absolute Gasteiger partial charge is 0.465 e. The third kappa shape index (κ3) is 13.2. The molecule has 0 aromatic heterocycles. The van der Waals surface area contributed by atoms with Crippen LogP contribution in [-0.2, 0) is 9.53 Å². The lowest BCUT2D eigenvalue weighted by molar-refractivity contribution is -0.153. The molecule has 102 valence electrons. The van der Waals surface area contributed by atoms with Crippen molar-refractivity contribution in [2.24, 2.45) is 11.1 Å². The topological polar surface area (TPSA) is 76.2 Å². The van der Waals surface area contributed by atoms with Crippen LogP contribution in [0, 0.1) is 10.8 Å². The summed E-state index contributed by atoms with van der Waals surface area (Å²) in [6.45, 7) is 9.96. The molecule has 0 unspecified atom stereocenters. The molecule has 0 saturated heterocycles. The summed E-state index contributed by atoms with van der Waals surface area (Å²) in [7, 11) is 0. The van der Waals surface area contributed by atoms with E-state index < -0.39 is 5.41 Å². The molecule has 0 fully saturated rings. The average Bonchev–Trinajstić information content (AvgIpc) is 2.24. The lowest BCUT2D eigenvalue weighted by atomic mass is 9.97. The summed E-state index contributed by atoms with van der Waals surface area (Å²) < 4.78 is 5.08. The Labute approximate surface area is 109 Å². The van der Waals surface area contributed by atoms with E-state index in [1.165, 1.54) is 11.8 Å². The van der Waals surface area contributed by atoms with Crippen LogP contribution in [0.5, 0.6) is 0 Å². The van der Waals surface area contributed by atoms with E-state index in [4.69, 9.17) is 15.9 Å². The summed E-state index contributed by atoms with van der Waals surface area (Å²) in [5.41, 5.74) is 4.75. The summed E-state index contributed by atoms with van der Waals surface area (Å²) >= 11 is 1.32. The second-order valence-electron chi connectivity index (χ2n) is 4.31. The SMILES string of the molecule is CC.CC(C)(C)C(=O)OCCCCSC(=N)N. The van der Waals surface area contributed by atoms with Gasteiger partial charge in [0.25, 0.3) is 0 Å². The van der Waals surface area contributed by atoms with Crippen molar-refractivity contribution in [1.29, 1.82) is 5.41 Å². The number of carbonyl (C=O) groups excluding carboxylic acids is 1. The van der Waals surface area contributed by atoms with Crippen LogP contribution in [0.25, 0.3) is 0 Å². The van der Waals surface area contributed by atoms with Crippen molar-refractivity contribution in [2.75, 3.05) is 12.4 Å². The predicted molar refractivity (Wildman–Crippen MR) is 75.4 cm³/mol. The fourth-order valence-electron chi connectivity index (χ4n) is 0.768. The second kappa shape index (κ2) is 10.4. The molecular weight excluding hydrogens is 236 g/mol. The van der Waals surface area contributed by atoms with Gasteiger partial charge in [-0.25, -0.2) is 0 Å².